The maximum atomic E-state index is 12.8. The highest BCUT2D eigenvalue weighted by Crippen LogP contribution is 2.27. The fraction of sp³-hybridized carbons (Fsp3) is 0.174. The fourth-order valence-corrected chi connectivity index (χ4v) is 3.66. The highest BCUT2D eigenvalue weighted by atomic mass is 16.2. The zero-order chi connectivity index (χ0) is 23.7. The number of aryl methyl sites for hydroxylation is 2. The van der Waals surface area contributed by atoms with E-state index in [0.717, 1.165) is 24.2 Å². The Labute approximate surface area is 189 Å². The third-order valence-corrected chi connectivity index (χ3v) is 5.30. The van der Waals surface area contributed by atoms with Crippen LogP contribution in [0.3, 0.4) is 0 Å². The van der Waals surface area contributed by atoms with Crippen LogP contribution in [0.2, 0.25) is 0 Å². The average Bonchev–Trinajstić information content (AvgIpc) is 3.32. The summed E-state index contributed by atoms with van der Waals surface area (Å²) >= 11 is 0. The number of H-pyrrole nitrogens is 1. The first-order valence-electron chi connectivity index (χ1n) is 10.4. The van der Waals surface area contributed by atoms with Gasteiger partial charge in [0, 0.05) is 40.8 Å². The van der Waals surface area contributed by atoms with Gasteiger partial charge in [0.15, 0.2) is 5.82 Å². The lowest BCUT2D eigenvalue weighted by atomic mass is 10.1. The molecular formula is C23H24N8O2. The lowest BCUT2D eigenvalue weighted by molar-refractivity contribution is -0.118. The number of primary amides is 1. The molecule has 0 aliphatic carbocycles. The number of carbonyl (C=O) groups is 2. The van der Waals surface area contributed by atoms with Crippen LogP contribution in [0.4, 0.5) is 11.4 Å². The smallest absolute Gasteiger partial charge is 0.255 e. The lowest BCUT2D eigenvalue weighted by Gasteiger charge is -2.08. The monoisotopic (exact) mass is 444 g/mol. The number of amides is 2. The number of imidazole rings is 2. The van der Waals surface area contributed by atoms with Crippen molar-refractivity contribution in [1.29, 1.82) is 5.41 Å². The number of benzene rings is 2. The van der Waals surface area contributed by atoms with Gasteiger partial charge in [0.25, 0.3) is 5.91 Å². The number of aromatic nitrogens is 4. The van der Waals surface area contributed by atoms with E-state index >= 15 is 0 Å². The molecule has 10 nitrogen and oxygen atoms in total. The molecule has 0 spiro atoms. The van der Waals surface area contributed by atoms with Gasteiger partial charge in [0.05, 0.1) is 11.0 Å². The van der Waals surface area contributed by atoms with E-state index in [1.165, 1.54) is 0 Å². The van der Waals surface area contributed by atoms with Crippen LogP contribution in [0.5, 0.6) is 0 Å². The molecule has 168 valence electrons. The second kappa shape index (κ2) is 8.58. The van der Waals surface area contributed by atoms with Crippen molar-refractivity contribution in [2.45, 2.75) is 26.8 Å². The number of carbonyl (C=O) groups excluding carboxylic acids is 2. The van der Waals surface area contributed by atoms with Gasteiger partial charge in [-0.2, -0.15) is 0 Å². The minimum absolute atomic E-state index is 0.0657. The highest BCUT2D eigenvalue weighted by molar-refractivity contribution is 6.06. The standard InChI is InChI=1S/C23H24N8O2/c1-3-20-27-12(2)21(30-20)22-29-17-8-13(5-7-18(17)31(22)11-19(26)32)23(33)28-15-6-4-14(10-24)16(25)9-15/h4-10,24H,3,11,25H2,1-2H3,(H2,26,32)(H,27,30)(H,28,33). The summed E-state index contributed by atoms with van der Waals surface area (Å²) < 4.78 is 1.71. The van der Waals surface area contributed by atoms with Gasteiger partial charge in [0.1, 0.15) is 18.1 Å². The predicted molar refractivity (Wildman–Crippen MR) is 127 cm³/mol. The second-order valence-corrected chi connectivity index (χ2v) is 7.64. The van der Waals surface area contributed by atoms with Crippen molar-refractivity contribution >= 4 is 40.4 Å². The molecule has 33 heavy (non-hydrogen) atoms. The number of nitrogens with two attached hydrogens (primary N) is 2. The normalized spacial score (nSPS) is 11.0. The van der Waals surface area contributed by atoms with E-state index in [9.17, 15) is 9.59 Å². The van der Waals surface area contributed by atoms with Crippen molar-refractivity contribution in [1.82, 2.24) is 19.5 Å². The summed E-state index contributed by atoms with van der Waals surface area (Å²) in [7, 11) is 0. The minimum atomic E-state index is -0.507. The van der Waals surface area contributed by atoms with Crippen molar-refractivity contribution in [2.24, 2.45) is 5.73 Å². The third kappa shape index (κ3) is 4.18. The first-order valence-corrected chi connectivity index (χ1v) is 10.4. The summed E-state index contributed by atoms with van der Waals surface area (Å²) in [4.78, 5) is 37.1. The molecule has 0 atom stereocenters. The van der Waals surface area contributed by atoms with Gasteiger partial charge in [-0.25, -0.2) is 9.97 Å². The van der Waals surface area contributed by atoms with Crippen LogP contribution in [-0.4, -0.2) is 37.5 Å². The second-order valence-electron chi connectivity index (χ2n) is 7.64. The summed E-state index contributed by atoms with van der Waals surface area (Å²) in [5, 5.41) is 10.1. The van der Waals surface area contributed by atoms with E-state index < -0.39 is 5.91 Å². The number of nitrogen functional groups attached to an aromatic ring is 1. The van der Waals surface area contributed by atoms with Crippen LogP contribution in [-0.2, 0) is 17.8 Å². The maximum absolute atomic E-state index is 12.8. The SMILES string of the molecule is CCc1nc(-c2nc3cc(C(=O)Nc4ccc(C=N)c(N)c4)ccc3n2CC(N)=O)c(C)[nH]1. The first-order chi connectivity index (χ1) is 15.8. The van der Waals surface area contributed by atoms with Gasteiger partial charge in [0.2, 0.25) is 5.91 Å². The van der Waals surface area contributed by atoms with Gasteiger partial charge < -0.3 is 31.7 Å². The van der Waals surface area contributed by atoms with E-state index in [-0.39, 0.29) is 12.5 Å². The van der Waals surface area contributed by atoms with Crippen molar-refractivity contribution in [3.8, 4) is 11.5 Å². The molecule has 2 aromatic heterocycles. The molecule has 4 rings (SSSR count). The average molecular weight is 444 g/mol. The Morgan fingerprint density at radius 1 is 1.21 bits per heavy atom. The van der Waals surface area contributed by atoms with Crippen molar-refractivity contribution in [2.75, 3.05) is 11.1 Å². The predicted octanol–water partition coefficient (Wildman–Crippen LogP) is 2.61. The zero-order valence-electron chi connectivity index (χ0n) is 18.3. The van der Waals surface area contributed by atoms with Crippen LogP contribution in [0.1, 0.15) is 34.4 Å². The molecule has 0 unspecified atom stereocenters. The molecule has 0 bridgehead atoms. The number of anilines is 2. The summed E-state index contributed by atoms with van der Waals surface area (Å²) in [5.74, 6) is 0.472. The third-order valence-electron chi connectivity index (χ3n) is 5.30. The van der Waals surface area contributed by atoms with Gasteiger partial charge in [-0.1, -0.05) is 6.92 Å². The molecule has 0 radical (unpaired) electrons. The van der Waals surface area contributed by atoms with Crippen molar-refractivity contribution in [3.05, 3.63) is 59.0 Å². The number of fused-ring (bicyclic) bond motifs is 1. The molecule has 0 saturated heterocycles. The van der Waals surface area contributed by atoms with Crippen LogP contribution in [0.15, 0.2) is 36.4 Å². The number of hydrogen-bond acceptors (Lipinski definition) is 6. The first kappa shape index (κ1) is 21.8. The van der Waals surface area contributed by atoms with Gasteiger partial charge in [-0.3, -0.25) is 9.59 Å². The number of rotatable bonds is 7. The number of aromatic amines is 1. The molecule has 0 aliphatic rings. The topological polar surface area (TPSA) is 169 Å². The molecule has 2 heterocycles. The zero-order valence-corrected chi connectivity index (χ0v) is 18.3. The van der Waals surface area contributed by atoms with Crippen molar-refractivity contribution < 1.29 is 9.59 Å². The van der Waals surface area contributed by atoms with E-state index in [0.29, 0.717) is 45.1 Å². The van der Waals surface area contributed by atoms with E-state index in [4.69, 9.17) is 16.9 Å². The van der Waals surface area contributed by atoms with Crippen LogP contribution in [0.25, 0.3) is 22.6 Å². The number of hydrogen-bond donors (Lipinski definition) is 5. The van der Waals surface area contributed by atoms with Gasteiger partial charge >= 0.3 is 0 Å². The Hall–Kier alpha value is -4.47. The van der Waals surface area contributed by atoms with Crippen LogP contribution < -0.4 is 16.8 Å². The number of nitrogens with one attached hydrogen (secondary N) is 3. The molecule has 2 amide bonds. The summed E-state index contributed by atoms with van der Waals surface area (Å²) in [6.07, 6.45) is 1.88. The van der Waals surface area contributed by atoms with Gasteiger partial charge in [-0.15, -0.1) is 0 Å². The minimum Gasteiger partial charge on any atom is -0.398 e. The van der Waals surface area contributed by atoms with E-state index in [2.05, 4.69) is 20.3 Å². The Bertz CT molecular complexity index is 1400. The summed E-state index contributed by atoms with van der Waals surface area (Å²) in [6.45, 7) is 3.82. The van der Waals surface area contributed by atoms with Gasteiger partial charge in [-0.05, 0) is 43.3 Å². The molecule has 7 N–H and O–H groups in total. The van der Waals surface area contributed by atoms with Crippen LogP contribution in [0, 0.1) is 12.3 Å². The quantitative estimate of drug-likeness (QED) is 0.218. The van der Waals surface area contributed by atoms with Crippen molar-refractivity contribution in [3.63, 3.8) is 0 Å². The Morgan fingerprint density at radius 3 is 2.64 bits per heavy atom. The van der Waals surface area contributed by atoms with Crippen LogP contribution >= 0.6 is 0 Å². The molecule has 2 aromatic carbocycles. The Balaban J connectivity index is 1.73. The van der Waals surface area contributed by atoms with E-state index in [1.807, 2.05) is 13.8 Å². The largest absolute Gasteiger partial charge is 0.398 e. The molecule has 4 aromatic rings. The molecule has 0 fully saturated rings. The molecule has 0 saturated carbocycles. The lowest BCUT2D eigenvalue weighted by Crippen LogP contribution is -2.19. The Kier molecular flexibility index (Phi) is 5.65. The molecule has 0 aliphatic heterocycles. The molecule has 10 heteroatoms. The molecular weight excluding hydrogens is 420 g/mol. The highest BCUT2D eigenvalue weighted by Gasteiger charge is 2.20. The number of nitrogens with zero attached hydrogens (tertiary/aromatic N) is 3. The summed E-state index contributed by atoms with van der Waals surface area (Å²) in [6, 6.07) is 9.99. The fourth-order valence-electron chi connectivity index (χ4n) is 3.66. The maximum Gasteiger partial charge on any atom is 0.255 e. The Morgan fingerprint density at radius 2 is 2.00 bits per heavy atom. The summed E-state index contributed by atoms with van der Waals surface area (Å²) in [5.41, 5.74) is 15.9. The van der Waals surface area contributed by atoms with E-state index in [1.54, 1.807) is 41.0 Å².